The molecule has 1 aromatic heterocycles. The van der Waals surface area contributed by atoms with Crippen LogP contribution in [0.15, 0.2) is 12.4 Å². The molecule has 0 unspecified atom stereocenters. The monoisotopic (exact) mass is 209 g/mol. The molecule has 0 bridgehead atoms. The molecular formula is C10H15N3O2. The lowest BCUT2D eigenvalue weighted by molar-refractivity contribution is 0.0864. The Morgan fingerprint density at radius 3 is 2.60 bits per heavy atom. The zero-order chi connectivity index (χ0) is 11.5. The summed E-state index contributed by atoms with van der Waals surface area (Å²) in [4.78, 5) is 19.5. The summed E-state index contributed by atoms with van der Waals surface area (Å²) in [7, 11) is 0. The van der Waals surface area contributed by atoms with E-state index in [4.69, 9.17) is 5.11 Å². The molecule has 15 heavy (non-hydrogen) atoms. The molecule has 0 aromatic carbocycles. The van der Waals surface area contributed by atoms with E-state index in [9.17, 15) is 4.79 Å². The summed E-state index contributed by atoms with van der Waals surface area (Å²) in [6.07, 6.45) is 2.94. The number of aryl methyl sites for hydroxylation is 1. The third kappa shape index (κ3) is 3.28. The summed E-state index contributed by atoms with van der Waals surface area (Å²) in [6.45, 7) is 5.13. The van der Waals surface area contributed by atoms with Crippen LogP contribution in [0.3, 0.4) is 0 Å². The summed E-state index contributed by atoms with van der Waals surface area (Å²) in [6, 6.07) is 0. The number of aliphatic hydroxyl groups excluding tert-OH is 1. The van der Waals surface area contributed by atoms with Gasteiger partial charge in [0.15, 0.2) is 0 Å². The first-order valence-electron chi connectivity index (χ1n) is 4.66. The first-order chi connectivity index (χ1) is 6.94. The van der Waals surface area contributed by atoms with Gasteiger partial charge in [0, 0.05) is 6.20 Å². The highest BCUT2D eigenvalue weighted by Crippen LogP contribution is 2.02. The zero-order valence-electron chi connectivity index (χ0n) is 9.11. The van der Waals surface area contributed by atoms with Gasteiger partial charge in [0.25, 0.3) is 5.91 Å². The van der Waals surface area contributed by atoms with Crippen LogP contribution in [0.5, 0.6) is 0 Å². The van der Waals surface area contributed by atoms with Crippen LogP contribution in [0.1, 0.15) is 30.0 Å². The summed E-state index contributed by atoms with van der Waals surface area (Å²) in [5.41, 5.74) is 0.360. The fraction of sp³-hybridized carbons (Fsp3) is 0.500. The van der Waals surface area contributed by atoms with Crippen LogP contribution in [0.4, 0.5) is 0 Å². The average molecular weight is 209 g/mol. The maximum absolute atomic E-state index is 11.6. The fourth-order valence-electron chi connectivity index (χ4n) is 0.921. The van der Waals surface area contributed by atoms with E-state index in [1.807, 2.05) is 0 Å². The molecule has 0 aliphatic carbocycles. The van der Waals surface area contributed by atoms with Crippen LogP contribution in [-0.4, -0.2) is 33.1 Å². The van der Waals surface area contributed by atoms with Crippen LogP contribution < -0.4 is 5.32 Å². The second kappa shape index (κ2) is 4.35. The molecule has 0 saturated carbocycles. The summed E-state index contributed by atoms with van der Waals surface area (Å²) in [5, 5.41) is 11.6. The summed E-state index contributed by atoms with van der Waals surface area (Å²) < 4.78 is 0. The van der Waals surface area contributed by atoms with E-state index in [0.29, 0.717) is 0 Å². The van der Waals surface area contributed by atoms with Gasteiger partial charge >= 0.3 is 0 Å². The number of carbonyl (C=O) groups is 1. The first-order valence-corrected chi connectivity index (χ1v) is 4.66. The SMILES string of the molecule is Cc1cnc(C(=O)NC(C)(C)CO)cn1. The maximum atomic E-state index is 11.6. The third-order valence-corrected chi connectivity index (χ3v) is 1.86. The molecule has 0 spiro atoms. The molecule has 0 radical (unpaired) electrons. The minimum atomic E-state index is -0.649. The van der Waals surface area contributed by atoms with Crippen molar-refractivity contribution in [2.24, 2.45) is 0 Å². The highest BCUT2D eigenvalue weighted by atomic mass is 16.3. The molecule has 0 aliphatic rings. The molecule has 0 saturated heterocycles. The number of hydrogen-bond acceptors (Lipinski definition) is 4. The van der Waals surface area contributed by atoms with E-state index in [1.165, 1.54) is 12.4 Å². The van der Waals surface area contributed by atoms with Gasteiger partial charge in [-0.05, 0) is 20.8 Å². The van der Waals surface area contributed by atoms with Crippen molar-refractivity contribution in [3.63, 3.8) is 0 Å². The largest absolute Gasteiger partial charge is 0.394 e. The first kappa shape index (κ1) is 11.6. The van der Waals surface area contributed by atoms with Crippen molar-refractivity contribution in [1.29, 1.82) is 0 Å². The van der Waals surface area contributed by atoms with Crippen LogP contribution in [0.25, 0.3) is 0 Å². The molecule has 1 heterocycles. The molecule has 82 valence electrons. The van der Waals surface area contributed by atoms with Crippen LogP contribution in [-0.2, 0) is 0 Å². The molecule has 1 aromatic rings. The third-order valence-electron chi connectivity index (χ3n) is 1.86. The van der Waals surface area contributed by atoms with Crippen LogP contribution in [0, 0.1) is 6.92 Å². The van der Waals surface area contributed by atoms with E-state index in [0.717, 1.165) is 5.69 Å². The highest BCUT2D eigenvalue weighted by molar-refractivity contribution is 5.92. The second-order valence-electron chi connectivity index (χ2n) is 4.04. The molecule has 1 amide bonds. The van der Waals surface area contributed by atoms with Crippen LogP contribution in [0.2, 0.25) is 0 Å². The quantitative estimate of drug-likeness (QED) is 0.750. The van der Waals surface area contributed by atoms with Gasteiger partial charge in [0.2, 0.25) is 0 Å². The Morgan fingerprint density at radius 1 is 1.47 bits per heavy atom. The predicted molar refractivity (Wildman–Crippen MR) is 55.4 cm³/mol. The Kier molecular flexibility index (Phi) is 3.36. The topological polar surface area (TPSA) is 75.1 Å². The number of aliphatic hydroxyl groups is 1. The van der Waals surface area contributed by atoms with Crippen molar-refractivity contribution in [3.8, 4) is 0 Å². The van der Waals surface area contributed by atoms with Gasteiger partial charge in [0.1, 0.15) is 5.69 Å². The maximum Gasteiger partial charge on any atom is 0.271 e. The second-order valence-corrected chi connectivity index (χ2v) is 4.04. The average Bonchev–Trinajstić information content (AvgIpc) is 2.18. The molecule has 0 atom stereocenters. The van der Waals surface area contributed by atoms with Gasteiger partial charge in [-0.15, -0.1) is 0 Å². The molecule has 2 N–H and O–H groups in total. The van der Waals surface area contributed by atoms with Crippen molar-refractivity contribution in [3.05, 3.63) is 23.8 Å². The minimum Gasteiger partial charge on any atom is -0.394 e. The Hall–Kier alpha value is -1.49. The molecule has 1 rings (SSSR count). The van der Waals surface area contributed by atoms with Gasteiger partial charge in [-0.3, -0.25) is 9.78 Å². The molecule has 5 nitrogen and oxygen atoms in total. The number of nitrogens with zero attached hydrogens (tertiary/aromatic N) is 2. The Labute approximate surface area is 88.6 Å². The summed E-state index contributed by atoms with van der Waals surface area (Å²) in [5.74, 6) is -0.332. The number of aromatic nitrogens is 2. The van der Waals surface area contributed by atoms with E-state index in [1.54, 1.807) is 20.8 Å². The number of rotatable bonds is 3. The Balaban J connectivity index is 2.74. The van der Waals surface area contributed by atoms with Crippen LogP contribution >= 0.6 is 0 Å². The normalized spacial score (nSPS) is 11.2. The Bertz CT molecular complexity index is 346. The van der Waals surface area contributed by atoms with E-state index in [-0.39, 0.29) is 18.2 Å². The number of amides is 1. The Morgan fingerprint density at radius 2 is 2.13 bits per heavy atom. The predicted octanol–water partition coefficient (Wildman–Crippen LogP) is 0.286. The minimum absolute atomic E-state index is 0.127. The van der Waals surface area contributed by atoms with Gasteiger partial charge in [-0.1, -0.05) is 0 Å². The number of hydrogen-bond donors (Lipinski definition) is 2. The van der Waals surface area contributed by atoms with Gasteiger partial charge < -0.3 is 10.4 Å². The molecule has 0 fully saturated rings. The fourth-order valence-corrected chi connectivity index (χ4v) is 0.921. The van der Waals surface area contributed by atoms with Gasteiger partial charge in [0.05, 0.1) is 24.0 Å². The van der Waals surface area contributed by atoms with Crippen molar-refractivity contribution in [1.82, 2.24) is 15.3 Å². The lowest BCUT2D eigenvalue weighted by atomic mass is 10.1. The van der Waals surface area contributed by atoms with E-state index in [2.05, 4.69) is 15.3 Å². The number of carbonyl (C=O) groups excluding carboxylic acids is 1. The molecule has 0 aliphatic heterocycles. The molecule has 5 heteroatoms. The molecular weight excluding hydrogens is 194 g/mol. The highest BCUT2D eigenvalue weighted by Gasteiger charge is 2.20. The van der Waals surface area contributed by atoms with Crippen molar-refractivity contribution >= 4 is 5.91 Å². The zero-order valence-corrected chi connectivity index (χ0v) is 9.11. The van der Waals surface area contributed by atoms with E-state index < -0.39 is 5.54 Å². The summed E-state index contributed by atoms with van der Waals surface area (Å²) >= 11 is 0. The van der Waals surface area contributed by atoms with Crippen molar-refractivity contribution in [2.75, 3.05) is 6.61 Å². The number of nitrogens with one attached hydrogen (secondary N) is 1. The lowest BCUT2D eigenvalue weighted by Gasteiger charge is -2.22. The van der Waals surface area contributed by atoms with Gasteiger partial charge in [-0.2, -0.15) is 0 Å². The van der Waals surface area contributed by atoms with Gasteiger partial charge in [-0.25, -0.2) is 4.98 Å². The smallest absolute Gasteiger partial charge is 0.271 e. The lowest BCUT2D eigenvalue weighted by Crippen LogP contribution is -2.46. The van der Waals surface area contributed by atoms with E-state index >= 15 is 0 Å². The standard InChI is InChI=1S/C10H15N3O2/c1-7-4-12-8(5-11-7)9(15)13-10(2,3)6-14/h4-5,14H,6H2,1-3H3,(H,13,15). The van der Waals surface area contributed by atoms with Crippen molar-refractivity contribution in [2.45, 2.75) is 26.3 Å². The van der Waals surface area contributed by atoms with Crippen molar-refractivity contribution < 1.29 is 9.90 Å².